The molecule has 0 fully saturated rings. The van der Waals surface area contributed by atoms with Gasteiger partial charge in [-0.3, -0.25) is 14.3 Å². The molecule has 1 aliphatic heterocycles. The Balaban J connectivity index is 1.86. The molecule has 132 valence electrons. The molecule has 1 aliphatic carbocycles. The van der Waals surface area contributed by atoms with Crippen LogP contribution in [0.15, 0.2) is 0 Å². The second-order valence-corrected chi connectivity index (χ2v) is 6.76. The van der Waals surface area contributed by atoms with Crippen molar-refractivity contribution >= 4 is 11.8 Å². The largest absolute Gasteiger partial charge is 0.351 e. The molecule has 0 saturated heterocycles. The summed E-state index contributed by atoms with van der Waals surface area (Å²) in [4.78, 5) is 26.8. The molecule has 1 aromatic rings. The number of nitrogens with zero attached hydrogens (tertiary/aromatic N) is 3. The Hall–Kier alpha value is -1.89. The topological polar surface area (TPSA) is 79.3 Å². The summed E-state index contributed by atoms with van der Waals surface area (Å²) in [6, 6.07) is 0.152. The van der Waals surface area contributed by atoms with E-state index in [4.69, 9.17) is 0 Å². The van der Waals surface area contributed by atoms with Gasteiger partial charge in [-0.15, -0.1) is 0 Å². The molecule has 7 nitrogen and oxygen atoms in total. The summed E-state index contributed by atoms with van der Waals surface area (Å²) in [5.74, 6) is 0.0892. The van der Waals surface area contributed by atoms with Crippen LogP contribution >= 0.6 is 0 Å². The van der Waals surface area contributed by atoms with Crippen LogP contribution in [0.3, 0.4) is 0 Å². The van der Waals surface area contributed by atoms with Gasteiger partial charge in [0.2, 0.25) is 5.91 Å². The minimum Gasteiger partial charge on any atom is -0.351 e. The standard InChI is InChI=1S/C17H27N5O2/c1-21-12-6-7-14-13(11-12)16(20-22(14)2)17(24)19-10-4-9-18-8-3-5-15(21)23/h12,18H,3-11H2,1-2H3,(H,19,24). The van der Waals surface area contributed by atoms with Crippen molar-refractivity contribution in [2.24, 2.45) is 7.05 Å². The first-order valence-electron chi connectivity index (χ1n) is 8.87. The summed E-state index contributed by atoms with van der Waals surface area (Å²) < 4.78 is 1.83. The summed E-state index contributed by atoms with van der Waals surface area (Å²) in [6.45, 7) is 2.32. The highest BCUT2D eigenvalue weighted by Gasteiger charge is 2.31. The van der Waals surface area contributed by atoms with E-state index in [9.17, 15) is 9.59 Å². The number of carbonyl (C=O) groups excluding carboxylic acids is 2. The van der Waals surface area contributed by atoms with Crippen molar-refractivity contribution in [2.75, 3.05) is 26.7 Å². The molecule has 7 heteroatoms. The fourth-order valence-electron chi connectivity index (χ4n) is 3.65. The predicted molar refractivity (Wildman–Crippen MR) is 90.8 cm³/mol. The number of carbonyl (C=O) groups is 2. The smallest absolute Gasteiger partial charge is 0.272 e. The lowest BCUT2D eigenvalue weighted by atomic mass is 9.90. The van der Waals surface area contributed by atoms with Crippen LogP contribution in [-0.2, 0) is 24.7 Å². The van der Waals surface area contributed by atoms with Gasteiger partial charge in [0.15, 0.2) is 5.69 Å². The van der Waals surface area contributed by atoms with Gasteiger partial charge in [0.05, 0.1) is 0 Å². The van der Waals surface area contributed by atoms with E-state index in [1.54, 1.807) is 0 Å². The second kappa shape index (κ2) is 7.34. The van der Waals surface area contributed by atoms with E-state index in [1.807, 2.05) is 23.7 Å². The van der Waals surface area contributed by atoms with Gasteiger partial charge >= 0.3 is 0 Å². The van der Waals surface area contributed by atoms with Crippen LogP contribution < -0.4 is 10.6 Å². The van der Waals surface area contributed by atoms with E-state index in [1.165, 1.54) is 0 Å². The molecule has 24 heavy (non-hydrogen) atoms. The lowest BCUT2D eigenvalue weighted by Gasteiger charge is -2.31. The van der Waals surface area contributed by atoms with Gasteiger partial charge in [0.1, 0.15) is 0 Å². The number of aryl methyl sites for hydroxylation is 1. The third kappa shape index (κ3) is 3.45. The van der Waals surface area contributed by atoms with Crippen LogP contribution in [0.5, 0.6) is 0 Å². The minimum atomic E-state index is -0.101. The molecule has 0 spiro atoms. The third-order valence-electron chi connectivity index (χ3n) is 5.15. The lowest BCUT2D eigenvalue weighted by Crippen LogP contribution is -2.41. The maximum absolute atomic E-state index is 12.5. The number of hydrogen-bond donors (Lipinski definition) is 2. The maximum Gasteiger partial charge on any atom is 0.272 e. The van der Waals surface area contributed by atoms with E-state index in [2.05, 4.69) is 15.7 Å². The lowest BCUT2D eigenvalue weighted by molar-refractivity contribution is -0.132. The van der Waals surface area contributed by atoms with Crippen LogP contribution in [0, 0.1) is 0 Å². The monoisotopic (exact) mass is 333 g/mol. The number of nitrogens with one attached hydrogen (secondary N) is 2. The molecule has 1 atom stereocenters. The van der Waals surface area contributed by atoms with Gasteiger partial charge in [-0.1, -0.05) is 0 Å². The Kier molecular flexibility index (Phi) is 5.18. The van der Waals surface area contributed by atoms with Crippen molar-refractivity contribution in [1.82, 2.24) is 25.3 Å². The normalized spacial score (nSPS) is 23.4. The van der Waals surface area contributed by atoms with Gasteiger partial charge in [-0.05, 0) is 45.2 Å². The van der Waals surface area contributed by atoms with Crippen LogP contribution in [0.4, 0.5) is 0 Å². The summed E-state index contributed by atoms with van der Waals surface area (Å²) in [6.07, 6.45) is 4.79. The van der Waals surface area contributed by atoms with Gasteiger partial charge < -0.3 is 15.5 Å². The summed E-state index contributed by atoms with van der Waals surface area (Å²) in [7, 11) is 3.78. The highest BCUT2D eigenvalue weighted by atomic mass is 16.2. The fraction of sp³-hybridized carbons (Fsp3) is 0.706. The van der Waals surface area contributed by atoms with Crippen LogP contribution in [0.1, 0.15) is 47.4 Å². The Morgan fingerprint density at radius 3 is 2.71 bits per heavy atom. The molecular formula is C17H27N5O2. The summed E-state index contributed by atoms with van der Waals surface area (Å²) >= 11 is 0. The number of fused-ring (bicyclic) bond motifs is 1. The molecule has 2 aliphatic rings. The van der Waals surface area contributed by atoms with Crippen molar-refractivity contribution in [1.29, 1.82) is 0 Å². The van der Waals surface area contributed by atoms with Gasteiger partial charge in [0.25, 0.3) is 5.91 Å². The Bertz CT molecular complexity index is 625. The van der Waals surface area contributed by atoms with Crippen molar-refractivity contribution in [3.8, 4) is 0 Å². The molecule has 0 saturated carbocycles. The highest BCUT2D eigenvalue weighted by molar-refractivity contribution is 5.94. The van der Waals surface area contributed by atoms with E-state index < -0.39 is 0 Å². The molecular weight excluding hydrogens is 306 g/mol. The van der Waals surface area contributed by atoms with Crippen molar-refractivity contribution < 1.29 is 9.59 Å². The first kappa shape index (κ1) is 17.0. The average molecular weight is 333 g/mol. The SMILES string of the molecule is CN1C(=O)CCCNCCCNC(=O)c2nn(C)c3c2CC1CC3. The Labute approximate surface area is 142 Å². The zero-order chi connectivity index (χ0) is 17.1. The van der Waals surface area contributed by atoms with Gasteiger partial charge in [-0.2, -0.15) is 5.10 Å². The summed E-state index contributed by atoms with van der Waals surface area (Å²) in [5.41, 5.74) is 2.67. The zero-order valence-electron chi connectivity index (χ0n) is 14.6. The second-order valence-electron chi connectivity index (χ2n) is 6.76. The maximum atomic E-state index is 12.5. The Morgan fingerprint density at radius 2 is 1.88 bits per heavy atom. The molecule has 1 unspecified atom stereocenters. The molecule has 0 aromatic carbocycles. The van der Waals surface area contributed by atoms with Crippen LogP contribution in [-0.4, -0.2) is 59.2 Å². The van der Waals surface area contributed by atoms with Gasteiger partial charge in [0, 0.05) is 44.4 Å². The molecule has 0 radical (unpaired) electrons. The number of aromatic nitrogens is 2. The Morgan fingerprint density at radius 1 is 1.08 bits per heavy atom. The number of hydrogen-bond acceptors (Lipinski definition) is 4. The molecule has 2 bridgehead atoms. The first-order chi connectivity index (χ1) is 11.6. The fourth-order valence-corrected chi connectivity index (χ4v) is 3.65. The number of amides is 2. The highest BCUT2D eigenvalue weighted by Crippen LogP contribution is 2.27. The van der Waals surface area contributed by atoms with Crippen LogP contribution in [0.25, 0.3) is 0 Å². The van der Waals surface area contributed by atoms with Crippen molar-refractivity contribution in [2.45, 2.75) is 44.6 Å². The third-order valence-corrected chi connectivity index (χ3v) is 5.15. The van der Waals surface area contributed by atoms with Gasteiger partial charge in [-0.25, -0.2) is 0 Å². The predicted octanol–water partition coefficient (Wildman–Crippen LogP) is 0.239. The minimum absolute atomic E-state index is 0.101. The van der Waals surface area contributed by atoms with E-state index in [0.717, 1.165) is 50.0 Å². The molecule has 3 rings (SSSR count). The molecule has 2 N–H and O–H groups in total. The summed E-state index contributed by atoms with van der Waals surface area (Å²) in [5, 5.41) is 10.7. The molecule has 2 heterocycles. The van der Waals surface area contributed by atoms with Crippen molar-refractivity contribution in [3.63, 3.8) is 0 Å². The van der Waals surface area contributed by atoms with Crippen LogP contribution in [0.2, 0.25) is 0 Å². The van der Waals surface area contributed by atoms with E-state index in [-0.39, 0.29) is 17.9 Å². The zero-order valence-corrected chi connectivity index (χ0v) is 14.6. The van der Waals surface area contributed by atoms with Crippen molar-refractivity contribution in [3.05, 3.63) is 17.0 Å². The average Bonchev–Trinajstić information content (AvgIpc) is 2.91. The number of rotatable bonds is 0. The molecule has 1 aromatic heterocycles. The quantitative estimate of drug-likeness (QED) is 0.713. The van der Waals surface area contributed by atoms with E-state index in [0.29, 0.717) is 25.1 Å². The first-order valence-corrected chi connectivity index (χ1v) is 8.87. The molecule has 2 amide bonds. The number of likely N-dealkylation sites (N-methyl/N-ethyl adjacent to an activating group) is 1. The van der Waals surface area contributed by atoms with E-state index >= 15 is 0 Å².